The zero-order chi connectivity index (χ0) is 22.7. The van der Waals surface area contributed by atoms with Crippen LogP contribution in [0.15, 0.2) is 88.6 Å². The maximum atomic E-state index is 14.0. The lowest BCUT2D eigenvalue weighted by Gasteiger charge is -2.14. The summed E-state index contributed by atoms with van der Waals surface area (Å²) in [5.74, 6) is -0.842. The molecule has 3 aromatic carbocycles. The number of hydrogen-bond donors (Lipinski definition) is 2. The second-order valence-corrected chi connectivity index (χ2v) is 8.71. The Kier molecular flexibility index (Phi) is 5.93. The molecule has 0 aliphatic carbocycles. The van der Waals surface area contributed by atoms with E-state index in [1.165, 1.54) is 36.7 Å². The Morgan fingerprint density at radius 1 is 1.00 bits per heavy atom. The number of carbonyl (C=O) groups excluding carboxylic acids is 1. The van der Waals surface area contributed by atoms with Crippen LogP contribution in [0.4, 0.5) is 15.8 Å². The van der Waals surface area contributed by atoms with E-state index in [1.54, 1.807) is 30.5 Å². The SMILES string of the molecule is O=C(Nc1cc(Cl)ccc1NS(=O)(=O)c1ccccc1F)c1ccc(-c2cnco2)cc1. The summed E-state index contributed by atoms with van der Waals surface area (Å²) in [4.78, 5) is 16.1. The molecule has 2 N–H and O–H groups in total. The number of anilines is 2. The van der Waals surface area contributed by atoms with Gasteiger partial charge in [0, 0.05) is 16.1 Å². The number of nitrogens with one attached hydrogen (secondary N) is 2. The van der Waals surface area contributed by atoms with Crippen LogP contribution < -0.4 is 10.0 Å². The first-order valence-corrected chi connectivity index (χ1v) is 11.1. The Bertz CT molecular complexity index is 1370. The number of nitrogens with zero attached hydrogens (tertiary/aromatic N) is 1. The molecule has 1 aromatic heterocycles. The van der Waals surface area contributed by atoms with Crippen molar-refractivity contribution >= 4 is 38.9 Å². The summed E-state index contributed by atoms with van der Waals surface area (Å²) in [6.07, 6.45) is 2.86. The molecule has 0 fully saturated rings. The van der Waals surface area contributed by atoms with Gasteiger partial charge in [0.25, 0.3) is 15.9 Å². The zero-order valence-corrected chi connectivity index (χ0v) is 17.8. The van der Waals surface area contributed by atoms with Crippen LogP contribution in [0.5, 0.6) is 0 Å². The lowest BCUT2D eigenvalue weighted by atomic mass is 10.1. The van der Waals surface area contributed by atoms with Crippen LogP contribution in [0.2, 0.25) is 5.02 Å². The van der Waals surface area contributed by atoms with Gasteiger partial charge in [-0.15, -0.1) is 0 Å². The van der Waals surface area contributed by atoms with E-state index in [9.17, 15) is 17.6 Å². The van der Waals surface area contributed by atoms with Crippen molar-refractivity contribution in [2.45, 2.75) is 4.90 Å². The molecule has 0 bridgehead atoms. The molecule has 7 nitrogen and oxygen atoms in total. The Balaban J connectivity index is 1.58. The molecule has 4 aromatic rings. The number of sulfonamides is 1. The third-order valence-corrected chi connectivity index (χ3v) is 6.10. The zero-order valence-electron chi connectivity index (χ0n) is 16.2. The molecule has 0 aliphatic rings. The minimum Gasteiger partial charge on any atom is -0.444 e. The number of carbonyl (C=O) groups is 1. The molecule has 1 amide bonds. The van der Waals surface area contributed by atoms with Crippen molar-refractivity contribution in [2.24, 2.45) is 0 Å². The van der Waals surface area contributed by atoms with Gasteiger partial charge < -0.3 is 9.73 Å². The summed E-state index contributed by atoms with van der Waals surface area (Å²) in [6, 6.07) is 15.7. The highest BCUT2D eigenvalue weighted by Gasteiger charge is 2.21. The van der Waals surface area contributed by atoms with E-state index in [1.807, 2.05) is 0 Å². The van der Waals surface area contributed by atoms with E-state index in [0.29, 0.717) is 11.3 Å². The van der Waals surface area contributed by atoms with Gasteiger partial charge in [-0.3, -0.25) is 9.52 Å². The van der Waals surface area contributed by atoms with E-state index in [4.69, 9.17) is 16.0 Å². The molecular formula is C22H15ClFN3O4S. The quantitative estimate of drug-likeness (QED) is 0.403. The summed E-state index contributed by atoms with van der Waals surface area (Å²) < 4.78 is 46.8. The molecule has 0 saturated heterocycles. The van der Waals surface area contributed by atoms with Gasteiger partial charge in [-0.05, 0) is 42.5 Å². The Morgan fingerprint density at radius 2 is 1.75 bits per heavy atom. The highest BCUT2D eigenvalue weighted by Crippen LogP contribution is 2.29. The average molecular weight is 472 g/mol. The molecule has 162 valence electrons. The van der Waals surface area contributed by atoms with Crippen LogP contribution in [0.3, 0.4) is 0 Å². The first-order chi connectivity index (χ1) is 15.3. The third-order valence-electron chi connectivity index (χ3n) is 4.46. The highest BCUT2D eigenvalue weighted by atomic mass is 35.5. The standard InChI is InChI=1S/C22H15ClFN3O4S/c23-16-9-10-18(27-32(29,30)21-4-2-1-3-17(21)24)19(11-16)26-22(28)15-7-5-14(6-8-15)20-12-25-13-31-20/h1-13,27H,(H,26,28). The van der Waals surface area contributed by atoms with E-state index in [2.05, 4.69) is 15.0 Å². The lowest BCUT2D eigenvalue weighted by Crippen LogP contribution is -2.18. The number of benzene rings is 3. The topological polar surface area (TPSA) is 101 Å². The maximum absolute atomic E-state index is 14.0. The maximum Gasteiger partial charge on any atom is 0.264 e. The molecule has 4 rings (SSSR count). The molecule has 0 radical (unpaired) electrons. The van der Waals surface area contributed by atoms with Crippen molar-refractivity contribution in [2.75, 3.05) is 10.0 Å². The first kappa shape index (κ1) is 21.5. The van der Waals surface area contributed by atoms with E-state index >= 15 is 0 Å². The van der Waals surface area contributed by atoms with Crippen LogP contribution in [-0.4, -0.2) is 19.3 Å². The first-order valence-electron chi connectivity index (χ1n) is 9.21. The molecule has 0 saturated carbocycles. The van der Waals surface area contributed by atoms with Gasteiger partial charge in [0.15, 0.2) is 12.2 Å². The minimum absolute atomic E-state index is 0.0317. The fraction of sp³-hybridized carbons (Fsp3) is 0. The molecule has 1 heterocycles. The number of amides is 1. The number of aromatic nitrogens is 1. The summed E-state index contributed by atoms with van der Waals surface area (Å²) in [6.45, 7) is 0. The molecule has 0 spiro atoms. The Labute approximate surface area is 187 Å². The van der Waals surface area contributed by atoms with Crippen LogP contribution in [0.1, 0.15) is 10.4 Å². The summed E-state index contributed by atoms with van der Waals surface area (Å²) in [5, 5.41) is 2.90. The summed E-state index contributed by atoms with van der Waals surface area (Å²) >= 11 is 6.03. The largest absolute Gasteiger partial charge is 0.444 e. The number of halogens is 2. The summed E-state index contributed by atoms with van der Waals surface area (Å²) in [5.41, 5.74) is 1.20. The molecular weight excluding hydrogens is 457 g/mol. The molecule has 0 atom stereocenters. The van der Waals surface area contributed by atoms with Crippen molar-refractivity contribution in [1.29, 1.82) is 0 Å². The van der Waals surface area contributed by atoms with E-state index < -0.39 is 26.6 Å². The molecule has 0 aliphatic heterocycles. The minimum atomic E-state index is -4.25. The van der Waals surface area contributed by atoms with Gasteiger partial charge in [0.1, 0.15) is 10.7 Å². The second-order valence-electron chi connectivity index (χ2n) is 6.62. The molecule has 0 unspecified atom stereocenters. The van der Waals surface area contributed by atoms with Crippen molar-refractivity contribution in [3.63, 3.8) is 0 Å². The van der Waals surface area contributed by atoms with Gasteiger partial charge in [-0.1, -0.05) is 35.9 Å². The van der Waals surface area contributed by atoms with E-state index in [0.717, 1.165) is 17.7 Å². The van der Waals surface area contributed by atoms with Gasteiger partial charge >= 0.3 is 0 Å². The predicted octanol–water partition coefficient (Wildman–Crippen LogP) is 5.19. The van der Waals surface area contributed by atoms with Crippen LogP contribution in [-0.2, 0) is 10.0 Å². The number of rotatable bonds is 6. The van der Waals surface area contributed by atoms with Crippen LogP contribution in [0.25, 0.3) is 11.3 Å². The summed E-state index contributed by atoms with van der Waals surface area (Å²) in [7, 11) is -4.25. The van der Waals surface area contributed by atoms with Gasteiger partial charge in [0.05, 0.1) is 17.6 Å². The molecule has 10 heteroatoms. The van der Waals surface area contributed by atoms with Gasteiger partial charge in [-0.25, -0.2) is 17.8 Å². The fourth-order valence-electron chi connectivity index (χ4n) is 2.91. The van der Waals surface area contributed by atoms with Crippen molar-refractivity contribution in [3.8, 4) is 11.3 Å². The van der Waals surface area contributed by atoms with Crippen LogP contribution >= 0.6 is 11.6 Å². The second kappa shape index (κ2) is 8.81. The average Bonchev–Trinajstić information content (AvgIpc) is 3.31. The normalized spacial score (nSPS) is 11.2. The van der Waals surface area contributed by atoms with E-state index in [-0.39, 0.29) is 16.4 Å². The smallest absolute Gasteiger partial charge is 0.264 e. The van der Waals surface area contributed by atoms with Crippen LogP contribution in [0, 0.1) is 5.82 Å². The van der Waals surface area contributed by atoms with Crippen molar-refractivity contribution in [1.82, 2.24) is 4.98 Å². The van der Waals surface area contributed by atoms with Gasteiger partial charge in [0.2, 0.25) is 0 Å². The van der Waals surface area contributed by atoms with Crippen molar-refractivity contribution in [3.05, 3.63) is 95.7 Å². The third kappa shape index (κ3) is 4.63. The van der Waals surface area contributed by atoms with Crippen molar-refractivity contribution < 1.29 is 22.0 Å². The number of oxazole rings is 1. The molecule has 32 heavy (non-hydrogen) atoms. The van der Waals surface area contributed by atoms with Gasteiger partial charge in [-0.2, -0.15) is 0 Å². The Hall–Kier alpha value is -3.69. The lowest BCUT2D eigenvalue weighted by molar-refractivity contribution is 0.102. The predicted molar refractivity (Wildman–Crippen MR) is 119 cm³/mol. The highest BCUT2D eigenvalue weighted by molar-refractivity contribution is 7.92. The Morgan fingerprint density at radius 3 is 2.44 bits per heavy atom. The number of hydrogen-bond acceptors (Lipinski definition) is 5. The monoisotopic (exact) mass is 471 g/mol. The fourth-order valence-corrected chi connectivity index (χ4v) is 4.24.